The van der Waals surface area contributed by atoms with Gasteiger partial charge in [0, 0.05) is 43.2 Å². The molecule has 1 atom stereocenters. The van der Waals surface area contributed by atoms with Crippen LogP contribution in [0.25, 0.3) is 0 Å². The van der Waals surface area contributed by atoms with Gasteiger partial charge in [-0.3, -0.25) is 4.90 Å². The molecule has 0 saturated carbocycles. The zero-order valence-electron chi connectivity index (χ0n) is 17.8. The Hall–Kier alpha value is -2.72. The first-order valence-electron chi connectivity index (χ1n) is 10.3. The molecule has 0 aliphatic carbocycles. The van der Waals surface area contributed by atoms with Crippen molar-refractivity contribution in [3.63, 3.8) is 0 Å². The van der Waals surface area contributed by atoms with Gasteiger partial charge in [0.1, 0.15) is 11.5 Å². The first-order valence-corrected chi connectivity index (χ1v) is 10.3. The van der Waals surface area contributed by atoms with Crippen molar-refractivity contribution < 1.29 is 9.47 Å². The summed E-state index contributed by atoms with van der Waals surface area (Å²) in [6, 6.07) is 17.6. The Labute approximate surface area is 173 Å². The van der Waals surface area contributed by atoms with Gasteiger partial charge in [0.2, 0.25) is 0 Å². The van der Waals surface area contributed by atoms with Gasteiger partial charge in [-0.05, 0) is 49.6 Å². The number of nitrogens with zero attached hydrogens (tertiary/aromatic N) is 2. The topological polar surface area (TPSA) is 26.6 Å². The smallest absolute Gasteiger partial charge is 0.127 e. The first kappa shape index (κ1) is 19.6. The van der Waals surface area contributed by atoms with E-state index in [9.17, 15) is 0 Å². The number of rotatable bonds is 5. The summed E-state index contributed by atoms with van der Waals surface area (Å²) in [5.74, 6) is 1.70. The van der Waals surface area contributed by atoms with Crippen LogP contribution in [0.5, 0.6) is 11.5 Å². The third-order valence-corrected chi connectivity index (χ3v) is 5.95. The van der Waals surface area contributed by atoms with E-state index in [1.54, 1.807) is 14.2 Å². The predicted molar refractivity (Wildman–Crippen MR) is 117 cm³/mol. The van der Waals surface area contributed by atoms with Gasteiger partial charge in [0.15, 0.2) is 0 Å². The Kier molecular flexibility index (Phi) is 5.63. The molecule has 1 aromatic heterocycles. The monoisotopic (exact) mass is 390 g/mol. The largest absolute Gasteiger partial charge is 0.497 e. The minimum atomic E-state index is 0.221. The van der Waals surface area contributed by atoms with Gasteiger partial charge in [-0.15, -0.1) is 0 Å². The summed E-state index contributed by atoms with van der Waals surface area (Å²) in [7, 11) is 3.42. The first-order chi connectivity index (χ1) is 14.1. The fourth-order valence-corrected chi connectivity index (χ4v) is 4.42. The average Bonchev–Trinajstić information content (AvgIpc) is 3.12. The normalized spacial score (nSPS) is 16.9. The fourth-order valence-electron chi connectivity index (χ4n) is 4.42. The van der Waals surface area contributed by atoms with Crippen molar-refractivity contribution in [1.82, 2.24) is 9.47 Å². The maximum absolute atomic E-state index is 5.69. The molecule has 0 fully saturated rings. The molecule has 4 heteroatoms. The number of fused-ring (bicyclic) bond motifs is 1. The summed E-state index contributed by atoms with van der Waals surface area (Å²) in [6.07, 6.45) is 3.34. The van der Waals surface area contributed by atoms with E-state index in [-0.39, 0.29) is 6.04 Å². The Bertz CT molecular complexity index is 992. The van der Waals surface area contributed by atoms with Crippen LogP contribution < -0.4 is 9.47 Å². The third-order valence-electron chi connectivity index (χ3n) is 5.95. The molecular formula is C25H30N2O2. The summed E-state index contributed by atoms with van der Waals surface area (Å²) >= 11 is 0. The number of methoxy groups -OCH3 is 2. The lowest BCUT2D eigenvalue weighted by Crippen LogP contribution is -2.30. The van der Waals surface area contributed by atoms with Crippen LogP contribution in [0, 0.1) is 13.8 Å². The lowest BCUT2D eigenvalue weighted by molar-refractivity contribution is 0.216. The van der Waals surface area contributed by atoms with E-state index in [1.807, 2.05) is 12.1 Å². The molecule has 0 unspecified atom stereocenters. The summed E-state index contributed by atoms with van der Waals surface area (Å²) in [5, 5.41) is 0. The molecule has 0 amide bonds. The highest BCUT2D eigenvalue weighted by molar-refractivity contribution is 5.42. The summed E-state index contributed by atoms with van der Waals surface area (Å²) in [5.41, 5.74) is 6.57. The van der Waals surface area contributed by atoms with Crippen molar-refractivity contribution in [1.29, 1.82) is 0 Å². The number of aryl methyl sites for hydroxylation is 3. The molecule has 4 nitrogen and oxygen atoms in total. The molecule has 1 aliphatic rings. The Morgan fingerprint density at radius 1 is 0.966 bits per heavy atom. The number of benzene rings is 2. The SMILES string of the molecule is COc1ccc(CN2CCCn3cccc3[C@H]2c2cc(C)ccc2C)c(OC)c1. The van der Waals surface area contributed by atoms with Crippen LogP contribution in [-0.2, 0) is 13.1 Å². The van der Waals surface area contributed by atoms with Crippen LogP contribution in [0.1, 0.15) is 40.4 Å². The van der Waals surface area contributed by atoms with Crippen molar-refractivity contribution in [3.8, 4) is 11.5 Å². The maximum Gasteiger partial charge on any atom is 0.127 e. The molecule has 152 valence electrons. The van der Waals surface area contributed by atoms with E-state index in [1.165, 1.54) is 27.9 Å². The maximum atomic E-state index is 5.69. The standard InChI is InChI=1S/C25H30N2O2/c1-18-8-9-19(2)22(15-18)25-23-7-5-12-26(23)13-6-14-27(25)17-20-10-11-21(28-3)16-24(20)29-4/h5,7-12,15-16,25H,6,13-14,17H2,1-4H3/t25-/m1/s1. The van der Waals surface area contributed by atoms with Crippen molar-refractivity contribution in [2.45, 2.75) is 39.4 Å². The molecule has 0 N–H and O–H groups in total. The van der Waals surface area contributed by atoms with Crippen LogP contribution in [0.15, 0.2) is 54.7 Å². The molecular weight excluding hydrogens is 360 g/mol. The molecule has 3 aromatic rings. The Balaban J connectivity index is 1.78. The second-order valence-electron chi connectivity index (χ2n) is 7.89. The molecule has 4 rings (SSSR count). The van der Waals surface area contributed by atoms with Crippen molar-refractivity contribution >= 4 is 0 Å². The lowest BCUT2D eigenvalue weighted by Gasteiger charge is -2.32. The molecule has 0 bridgehead atoms. The van der Waals surface area contributed by atoms with Crippen molar-refractivity contribution in [3.05, 3.63) is 82.7 Å². The Morgan fingerprint density at radius 3 is 2.62 bits per heavy atom. The van der Waals surface area contributed by atoms with Gasteiger partial charge in [0.25, 0.3) is 0 Å². The summed E-state index contributed by atoms with van der Waals surface area (Å²) < 4.78 is 13.5. The van der Waals surface area contributed by atoms with Crippen LogP contribution in [0.2, 0.25) is 0 Å². The lowest BCUT2D eigenvalue weighted by atomic mass is 9.95. The highest BCUT2D eigenvalue weighted by atomic mass is 16.5. The van der Waals surface area contributed by atoms with E-state index >= 15 is 0 Å². The van der Waals surface area contributed by atoms with Crippen molar-refractivity contribution in [2.75, 3.05) is 20.8 Å². The highest BCUT2D eigenvalue weighted by Gasteiger charge is 2.29. The average molecular weight is 391 g/mol. The summed E-state index contributed by atoms with van der Waals surface area (Å²) in [4.78, 5) is 2.59. The molecule has 2 aromatic carbocycles. The molecule has 0 saturated heterocycles. The van der Waals surface area contributed by atoms with Gasteiger partial charge in [-0.2, -0.15) is 0 Å². The second kappa shape index (κ2) is 8.34. The highest BCUT2D eigenvalue weighted by Crippen LogP contribution is 2.36. The van der Waals surface area contributed by atoms with Gasteiger partial charge in [-0.25, -0.2) is 0 Å². The number of aromatic nitrogens is 1. The van der Waals surface area contributed by atoms with Crippen LogP contribution >= 0.6 is 0 Å². The van der Waals surface area contributed by atoms with E-state index in [2.05, 4.69) is 65.9 Å². The van der Waals surface area contributed by atoms with E-state index < -0.39 is 0 Å². The number of hydrogen-bond acceptors (Lipinski definition) is 3. The molecule has 2 heterocycles. The van der Waals surface area contributed by atoms with E-state index in [0.717, 1.165) is 37.6 Å². The Morgan fingerprint density at radius 2 is 1.83 bits per heavy atom. The van der Waals surface area contributed by atoms with Gasteiger partial charge in [-0.1, -0.05) is 29.8 Å². The quantitative estimate of drug-likeness (QED) is 0.605. The van der Waals surface area contributed by atoms with Crippen LogP contribution in [-0.4, -0.2) is 30.2 Å². The third kappa shape index (κ3) is 3.90. The van der Waals surface area contributed by atoms with Crippen LogP contribution in [0.3, 0.4) is 0 Å². The minimum absolute atomic E-state index is 0.221. The molecule has 0 radical (unpaired) electrons. The number of hydrogen-bond donors (Lipinski definition) is 0. The minimum Gasteiger partial charge on any atom is -0.497 e. The van der Waals surface area contributed by atoms with Gasteiger partial charge < -0.3 is 14.0 Å². The van der Waals surface area contributed by atoms with Gasteiger partial charge in [0.05, 0.1) is 20.3 Å². The fraction of sp³-hybridized carbons (Fsp3) is 0.360. The van der Waals surface area contributed by atoms with E-state index in [0.29, 0.717) is 0 Å². The van der Waals surface area contributed by atoms with E-state index in [4.69, 9.17) is 9.47 Å². The number of ether oxygens (including phenoxy) is 2. The van der Waals surface area contributed by atoms with Crippen LogP contribution in [0.4, 0.5) is 0 Å². The summed E-state index contributed by atoms with van der Waals surface area (Å²) in [6.45, 7) is 7.32. The van der Waals surface area contributed by atoms with Crippen molar-refractivity contribution in [2.24, 2.45) is 0 Å². The zero-order valence-corrected chi connectivity index (χ0v) is 17.8. The molecule has 29 heavy (non-hydrogen) atoms. The zero-order chi connectivity index (χ0) is 20.4. The molecule has 0 spiro atoms. The van der Waals surface area contributed by atoms with Gasteiger partial charge >= 0.3 is 0 Å². The second-order valence-corrected chi connectivity index (χ2v) is 7.89. The predicted octanol–water partition coefficient (Wildman–Crippen LogP) is 5.12. The molecule has 1 aliphatic heterocycles.